The highest BCUT2D eigenvalue weighted by Crippen LogP contribution is 2.25. The third kappa shape index (κ3) is 2.71. The Morgan fingerprint density at radius 3 is 2.27 bits per heavy atom. The predicted molar refractivity (Wildman–Crippen MR) is 59.8 cm³/mol. The molecule has 0 amide bonds. The molecule has 1 aliphatic heterocycles. The summed E-state index contributed by atoms with van der Waals surface area (Å²) in [4.78, 5) is 2.43. The molecule has 2 rings (SSSR count). The molecule has 2 aliphatic rings. The Labute approximate surface area is 92.4 Å². The van der Waals surface area contributed by atoms with E-state index in [1.54, 1.807) is 0 Å². The van der Waals surface area contributed by atoms with Crippen molar-refractivity contribution in [3.05, 3.63) is 0 Å². The molecular formula is C12H23NO2. The SMILES string of the molecule is CC1CN([C@H]2CCCC[C@@H]2O)CC(C)O1. The molecule has 3 heteroatoms. The Kier molecular flexibility index (Phi) is 3.65. The summed E-state index contributed by atoms with van der Waals surface area (Å²) in [5, 5.41) is 10.0. The van der Waals surface area contributed by atoms with Crippen LogP contribution in [0, 0.1) is 0 Å². The molecule has 0 aromatic rings. The first-order valence-corrected chi connectivity index (χ1v) is 6.24. The van der Waals surface area contributed by atoms with Gasteiger partial charge in [0.25, 0.3) is 0 Å². The van der Waals surface area contributed by atoms with Crippen LogP contribution < -0.4 is 0 Å². The van der Waals surface area contributed by atoms with Crippen LogP contribution in [0.5, 0.6) is 0 Å². The monoisotopic (exact) mass is 213 g/mol. The summed E-state index contributed by atoms with van der Waals surface area (Å²) in [6.45, 7) is 6.20. The molecule has 1 heterocycles. The van der Waals surface area contributed by atoms with E-state index >= 15 is 0 Å². The van der Waals surface area contributed by atoms with E-state index in [0.717, 1.165) is 25.9 Å². The van der Waals surface area contributed by atoms with Crippen LogP contribution in [0.15, 0.2) is 0 Å². The number of aliphatic hydroxyl groups is 1. The topological polar surface area (TPSA) is 32.7 Å². The van der Waals surface area contributed by atoms with Crippen LogP contribution in [-0.2, 0) is 4.74 Å². The molecule has 2 unspecified atom stereocenters. The summed E-state index contributed by atoms with van der Waals surface area (Å²) in [5.41, 5.74) is 0. The Balaban J connectivity index is 1.95. The van der Waals surface area contributed by atoms with Crippen LogP contribution in [0.1, 0.15) is 39.5 Å². The van der Waals surface area contributed by atoms with Crippen LogP contribution in [0.2, 0.25) is 0 Å². The minimum Gasteiger partial charge on any atom is -0.391 e. The average molecular weight is 213 g/mol. The quantitative estimate of drug-likeness (QED) is 0.714. The second-order valence-electron chi connectivity index (χ2n) is 5.13. The zero-order valence-electron chi connectivity index (χ0n) is 9.85. The highest BCUT2D eigenvalue weighted by molar-refractivity contribution is 4.86. The van der Waals surface area contributed by atoms with Gasteiger partial charge in [-0.3, -0.25) is 4.90 Å². The normalized spacial score (nSPS) is 44.2. The van der Waals surface area contributed by atoms with Crippen molar-refractivity contribution in [2.24, 2.45) is 0 Å². The number of morpholine rings is 1. The zero-order chi connectivity index (χ0) is 10.8. The van der Waals surface area contributed by atoms with Gasteiger partial charge >= 0.3 is 0 Å². The van der Waals surface area contributed by atoms with Crippen molar-refractivity contribution in [2.45, 2.75) is 63.9 Å². The van der Waals surface area contributed by atoms with E-state index in [4.69, 9.17) is 4.74 Å². The van der Waals surface area contributed by atoms with Gasteiger partial charge in [0.1, 0.15) is 0 Å². The highest BCUT2D eigenvalue weighted by atomic mass is 16.5. The number of hydrogen-bond acceptors (Lipinski definition) is 3. The van der Waals surface area contributed by atoms with Crippen LogP contribution >= 0.6 is 0 Å². The lowest BCUT2D eigenvalue weighted by atomic mass is 9.90. The average Bonchev–Trinajstić information content (AvgIpc) is 2.16. The Bertz CT molecular complexity index is 200. The molecule has 0 radical (unpaired) electrons. The molecule has 15 heavy (non-hydrogen) atoms. The lowest BCUT2D eigenvalue weighted by molar-refractivity contribution is -0.102. The first-order valence-electron chi connectivity index (χ1n) is 6.24. The lowest BCUT2D eigenvalue weighted by Gasteiger charge is -2.43. The molecule has 0 aromatic heterocycles. The van der Waals surface area contributed by atoms with E-state index in [9.17, 15) is 5.11 Å². The first kappa shape index (κ1) is 11.4. The van der Waals surface area contributed by atoms with Crippen LogP contribution in [0.4, 0.5) is 0 Å². The van der Waals surface area contributed by atoms with Crippen molar-refractivity contribution in [3.63, 3.8) is 0 Å². The molecule has 1 aliphatic carbocycles. The molecule has 4 atom stereocenters. The number of nitrogens with zero attached hydrogens (tertiary/aromatic N) is 1. The largest absolute Gasteiger partial charge is 0.391 e. The van der Waals surface area contributed by atoms with Crippen molar-refractivity contribution < 1.29 is 9.84 Å². The van der Waals surface area contributed by atoms with Crippen LogP contribution in [-0.4, -0.2) is 47.4 Å². The second-order valence-corrected chi connectivity index (χ2v) is 5.13. The summed E-state index contributed by atoms with van der Waals surface area (Å²) >= 11 is 0. The van der Waals surface area contributed by atoms with Gasteiger partial charge in [-0.25, -0.2) is 0 Å². The van der Waals surface area contributed by atoms with Gasteiger partial charge in [0.15, 0.2) is 0 Å². The molecule has 1 saturated heterocycles. The summed E-state index contributed by atoms with van der Waals surface area (Å²) in [6, 6.07) is 0.382. The lowest BCUT2D eigenvalue weighted by Crippen LogP contribution is -2.54. The van der Waals surface area contributed by atoms with E-state index in [0.29, 0.717) is 18.2 Å². The number of rotatable bonds is 1. The van der Waals surface area contributed by atoms with Gasteiger partial charge in [0.2, 0.25) is 0 Å². The maximum Gasteiger partial charge on any atom is 0.0695 e. The van der Waals surface area contributed by atoms with Crippen molar-refractivity contribution in [1.82, 2.24) is 4.90 Å². The number of aliphatic hydroxyl groups excluding tert-OH is 1. The van der Waals surface area contributed by atoms with E-state index in [2.05, 4.69) is 18.7 Å². The first-order chi connectivity index (χ1) is 7.16. The number of hydrogen-bond donors (Lipinski definition) is 1. The predicted octanol–water partition coefficient (Wildman–Crippen LogP) is 1.40. The van der Waals surface area contributed by atoms with Crippen molar-refractivity contribution in [1.29, 1.82) is 0 Å². The molecule has 0 spiro atoms. The van der Waals surface area contributed by atoms with Gasteiger partial charge in [-0.15, -0.1) is 0 Å². The molecule has 0 aromatic carbocycles. The molecule has 3 nitrogen and oxygen atoms in total. The van der Waals surface area contributed by atoms with Crippen LogP contribution in [0.3, 0.4) is 0 Å². The third-order valence-corrected chi connectivity index (χ3v) is 3.61. The minimum absolute atomic E-state index is 0.115. The zero-order valence-corrected chi connectivity index (χ0v) is 9.85. The molecule has 88 valence electrons. The van der Waals surface area contributed by atoms with Gasteiger partial charge in [0.05, 0.1) is 18.3 Å². The van der Waals surface area contributed by atoms with E-state index < -0.39 is 0 Å². The van der Waals surface area contributed by atoms with Crippen molar-refractivity contribution in [2.75, 3.05) is 13.1 Å². The maximum atomic E-state index is 10.0. The van der Waals surface area contributed by atoms with Gasteiger partial charge in [-0.05, 0) is 26.7 Å². The van der Waals surface area contributed by atoms with E-state index in [1.165, 1.54) is 12.8 Å². The second kappa shape index (κ2) is 4.81. The van der Waals surface area contributed by atoms with Crippen molar-refractivity contribution >= 4 is 0 Å². The van der Waals surface area contributed by atoms with Crippen LogP contribution in [0.25, 0.3) is 0 Å². The summed E-state index contributed by atoms with van der Waals surface area (Å²) < 4.78 is 5.72. The molecule has 0 bridgehead atoms. The van der Waals surface area contributed by atoms with E-state index in [1.807, 2.05) is 0 Å². The summed E-state index contributed by atoms with van der Waals surface area (Å²) in [7, 11) is 0. The third-order valence-electron chi connectivity index (χ3n) is 3.61. The fourth-order valence-electron chi connectivity index (χ4n) is 3.01. The van der Waals surface area contributed by atoms with E-state index in [-0.39, 0.29) is 6.10 Å². The fourth-order valence-corrected chi connectivity index (χ4v) is 3.01. The summed E-state index contributed by atoms with van der Waals surface area (Å²) in [6.07, 6.45) is 5.09. The standard InChI is InChI=1S/C12H23NO2/c1-9-7-13(8-10(2)15-9)11-5-3-4-6-12(11)14/h9-12,14H,3-8H2,1-2H3/t9?,10?,11-,12-/m0/s1. The maximum absolute atomic E-state index is 10.0. The smallest absolute Gasteiger partial charge is 0.0695 e. The van der Waals surface area contributed by atoms with Crippen molar-refractivity contribution in [3.8, 4) is 0 Å². The van der Waals surface area contributed by atoms with Gasteiger partial charge < -0.3 is 9.84 Å². The van der Waals surface area contributed by atoms with Gasteiger partial charge in [-0.1, -0.05) is 12.8 Å². The molecule has 1 saturated carbocycles. The Morgan fingerprint density at radius 2 is 1.67 bits per heavy atom. The Morgan fingerprint density at radius 1 is 1.07 bits per heavy atom. The fraction of sp³-hybridized carbons (Fsp3) is 1.00. The molecule has 1 N–H and O–H groups in total. The molecular weight excluding hydrogens is 190 g/mol. The Hall–Kier alpha value is -0.120. The minimum atomic E-state index is -0.115. The number of ether oxygens (including phenoxy) is 1. The summed E-state index contributed by atoms with van der Waals surface area (Å²) in [5.74, 6) is 0. The highest BCUT2D eigenvalue weighted by Gasteiger charge is 2.33. The molecule has 2 fully saturated rings. The van der Waals surface area contributed by atoms with Gasteiger partial charge in [0, 0.05) is 19.1 Å². The van der Waals surface area contributed by atoms with Gasteiger partial charge in [-0.2, -0.15) is 0 Å².